The number of rotatable bonds is 4. The second-order valence-electron chi connectivity index (χ2n) is 6.69. The fourth-order valence-electron chi connectivity index (χ4n) is 3.38. The highest BCUT2D eigenvalue weighted by atomic mass is 79.9. The average molecular weight is 483 g/mol. The molecule has 1 aromatic carbocycles. The summed E-state index contributed by atoms with van der Waals surface area (Å²) in [4.78, 5) is 16.9. The van der Waals surface area contributed by atoms with E-state index >= 15 is 0 Å². The number of carbonyl (C=O) groups excluding carboxylic acids is 1. The fourth-order valence-corrected chi connectivity index (χ4v) is 3.95. The summed E-state index contributed by atoms with van der Waals surface area (Å²) in [5, 5.41) is 0.933. The number of benzene rings is 1. The molecule has 0 radical (unpaired) electrons. The van der Waals surface area contributed by atoms with Crippen LogP contribution in [0.15, 0.2) is 10.5 Å². The first-order valence-electron chi connectivity index (χ1n) is 8.31. The molecule has 152 valence electrons. The number of nitrogens with zero attached hydrogens (tertiary/aromatic N) is 3. The van der Waals surface area contributed by atoms with Gasteiger partial charge >= 0.3 is 5.97 Å². The average Bonchev–Trinajstić information content (AvgIpc) is 2.80. The van der Waals surface area contributed by atoms with Crippen molar-refractivity contribution >= 4 is 57.6 Å². The summed E-state index contributed by atoms with van der Waals surface area (Å²) >= 11 is 3.63. The largest absolute Gasteiger partial charge is 0.477 e. The van der Waals surface area contributed by atoms with Crippen molar-refractivity contribution in [1.82, 2.24) is 14.4 Å². The topological polar surface area (TPSA) is 46.9 Å². The highest BCUT2D eigenvalue weighted by Gasteiger charge is 2.29. The molecule has 9 heteroatoms. The molecule has 1 aliphatic heterocycles. The van der Waals surface area contributed by atoms with Crippen LogP contribution in [0.5, 0.6) is 5.75 Å². The van der Waals surface area contributed by atoms with Gasteiger partial charge in [-0.05, 0) is 50.1 Å². The van der Waals surface area contributed by atoms with Gasteiger partial charge in [-0.1, -0.05) is 0 Å². The number of halogens is 3. The van der Waals surface area contributed by atoms with Crippen LogP contribution in [0, 0.1) is 0 Å². The Hall–Kier alpha value is -0.990. The van der Waals surface area contributed by atoms with Gasteiger partial charge in [0.2, 0.25) is 0 Å². The maximum Gasteiger partial charge on any atom is 0.340 e. The van der Waals surface area contributed by atoms with E-state index in [-0.39, 0.29) is 30.8 Å². The highest BCUT2D eigenvalue weighted by molar-refractivity contribution is 9.10. The van der Waals surface area contributed by atoms with Crippen LogP contribution in [-0.4, -0.2) is 54.8 Å². The third-order valence-corrected chi connectivity index (χ3v) is 5.01. The van der Waals surface area contributed by atoms with E-state index in [0.29, 0.717) is 25.4 Å². The molecule has 0 atom stereocenters. The first-order valence-corrected chi connectivity index (χ1v) is 9.10. The molecular formula is C18H26BrCl2N3O3. The molecule has 0 fully saturated rings. The summed E-state index contributed by atoms with van der Waals surface area (Å²) in [7, 11) is 7.99. The van der Waals surface area contributed by atoms with E-state index in [9.17, 15) is 4.79 Å². The van der Waals surface area contributed by atoms with Crippen LogP contribution >= 0.6 is 40.7 Å². The molecule has 1 aliphatic rings. The Morgan fingerprint density at radius 1 is 1.33 bits per heavy atom. The number of aromatic nitrogens is 1. The molecule has 0 amide bonds. The SMILES string of the molecule is CCOC(=O)c1c(CN(C)C)n(C)c2cc(Br)c3c(c12)CN(C)CO3.Cl.Cl. The molecule has 2 aromatic rings. The lowest BCUT2D eigenvalue weighted by Gasteiger charge is -2.27. The van der Waals surface area contributed by atoms with Gasteiger partial charge in [-0.15, -0.1) is 24.8 Å². The number of carbonyl (C=O) groups is 1. The van der Waals surface area contributed by atoms with Gasteiger partial charge in [0, 0.05) is 36.8 Å². The van der Waals surface area contributed by atoms with Crippen molar-refractivity contribution in [2.45, 2.75) is 20.0 Å². The maximum atomic E-state index is 12.8. The van der Waals surface area contributed by atoms with Gasteiger partial charge in [0.25, 0.3) is 0 Å². The molecule has 0 unspecified atom stereocenters. The molecule has 0 aliphatic carbocycles. The minimum Gasteiger partial charge on any atom is -0.477 e. The summed E-state index contributed by atoms with van der Waals surface area (Å²) in [5.41, 5.74) is 3.63. The standard InChI is InChI=1S/C18H24BrN3O3.2ClH/c1-6-24-18(23)16-14(9-20(2)3)22(5)13-7-12(19)17-11(15(13)16)8-21(4)10-25-17;;/h7H,6,8-10H2,1-5H3;2*1H. The summed E-state index contributed by atoms with van der Waals surface area (Å²) in [6.07, 6.45) is 0. The zero-order valence-electron chi connectivity index (χ0n) is 16.2. The second-order valence-corrected chi connectivity index (χ2v) is 7.54. The van der Waals surface area contributed by atoms with Crippen LogP contribution in [0.3, 0.4) is 0 Å². The fraction of sp³-hybridized carbons (Fsp3) is 0.500. The van der Waals surface area contributed by atoms with Crippen LogP contribution in [0.2, 0.25) is 0 Å². The predicted octanol–water partition coefficient (Wildman–Crippen LogP) is 3.80. The van der Waals surface area contributed by atoms with Crippen molar-refractivity contribution in [3.05, 3.63) is 27.4 Å². The van der Waals surface area contributed by atoms with Crippen LogP contribution in [0.4, 0.5) is 0 Å². The van der Waals surface area contributed by atoms with Crippen LogP contribution < -0.4 is 4.74 Å². The van der Waals surface area contributed by atoms with Crippen molar-refractivity contribution < 1.29 is 14.3 Å². The summed E-state index contributed by atoms with van der Waals surface area (Å²) in [6.45, 7) is 4.10. The van der Waals surface area contributed by atoms with Crippen molar-refractivity contribution in [3.8, 4) is 5.75 Å². The molecule has 0 saturated carbocycles. The second kappa shape index (κ2) is 9.47. The molecule has 2 heterocycles. The Morgan fingerprint density at radius 2 is 2.00 bits per heavy atom. The Morgan fingerprint density at radius 3 is 2.59 bits per heavy atom. The summed E-state index contributed by atoms with van der Waals surface area (Å²) in [6, 6.07) is 2.03. The van der Waals surface area contributed by atoms with Gasteiger partial charge in [-0.2, -0.15) is 0 Å². The van der Waals surface area contributed by atoms with Crippen molar-refractivity contribution in [1.29, 1.82) is 0 Å². The van der Waals surface area contributed by atoms with Crippen molar-refractivity contribution in [2.75, 3.05) is 34.5 Å². The van der Waals surface area contributed by atoms with Gasteiger partial charge in [0.05, 0.1) is 22.2 Å². The maximum absolute atomic E-state index is 12.8. The first-order chi connectivity index (χ1) is 11.8. The van der Waals surface area contributed by atoms with Gasteiger partial charge < -0.3 is 18.9 Å². The van der Waals surface area contributed by atoms with E-state index in [1.54, 1.807) is 0 Å². The van der Waals surface area contributed by atoms with Gasteiger partial charge in [0.15, 0.2) is 0 Å². The van der Waals surface area contributed by atoms with E-state index in [1.165, 1.54) is 0 Å². The lowest BCUT2D eigenvalue weighted by Crippen LogP contribution is -2.28. The quantitative estimate of drug-likeness (QED) is 0.620. The van der Waals surface area contributed by atoms with E-state index in [0.717, 1.165) is 38.9 Å². The third-order valence-electron chi connectivity index (χ3n) is 4.42. The normalized spacial score (nSPS) is 13.6. The number of aryl methyl sites for hydroxylation is 1. The smallest absolute Gasteiger partial charge is 0.340 e. The number of hydrogen-bond donors (Lipinski definition) is 0. The zero-order chi connectivity index (χ0) is 18.3. The molecule has 0 N–H and O–H groups in total. The van der Waals surface area contributed by atoms with Gasteiger partial charge in [-0.3, -0.25) is 4.90 Å². The highest BCUT2D eigenvalue weighted by Crippen LogP contribution is 2.42. The van der Waals surface area contributed by atoms with Crippen molar-refractivity contribution in [3.63, 3.8) is 0 Å². The van der Waals surface area contributed by atoms with Crippen LogP contribution in [-0.2, 0) is 24.9 Å². The third kappa shape index (κ3) is 4.38. The zero-order valence-corrected chi connectivity index (χ0v) is 19.4. The summed E-state index contributed by atoms with van der Waals surface area (Å²) < 4.78 is 14.3. The van der Waals surface area contributed by atoms with Gasteiger partial charge in [-0.25, -0.2) is 4.79 Å². The molecule has 0 bridgehead atoms. The van der Waals surface area contributed by atoms with E-state index < -0.39 is 0 Å². The molecule has 27 heavy (non-hydrogen) atoms. The molecule has 0 saturated heterocycles. The molecule has 0 spiro atoms. The first kappa shape index (κ1) is 24.0. The van der Waals surface area contributed by atoms with Gasteiger partial charge in [0.1, 0.15) is 12.5 Å². The number of ether oxygens (including phenoxy) is 2. The molecule has 3 rings (SSSR count). The van der Waals surface area contributed by atoms with Crippen LogP contribution in [0.1, 0.15) is 28.5 Å². The number of fused-ring (bicyclic) bond motifs is 3. The monoisotopic (exact) mass is 481 g/mol. The number of esters is 1. The molecule has 6 nitrogen and oxygen atoms in total. The minimum atomic E-state index is -0.275. The van der Waals surface area contributed by atoms with E-state index in [2.05, 4.69) is 30.3 Å². The Labute approximate surface area is 180 Å². The minimum absolute atomic E-state index is 0. The molecule has 1 aromatic heterocycles. The van der Waals surface area contributed by atoms with Crippen LogP contribution in [0.25, 0.3) is 10.9 Å². The Balaban J connectivity index is 0.00000182. The Kier molecular flexibility index (Phi) is 8.44. The molecular weight excluding hydrogens is 457 g/mol. The number of hydrogen-bond acceptors (Lipinski definition) is 5. The van der Waals surface area contributed by atoms with E-state index in [4.69, 9.17) is 9.47 Å². The summed E-state index contributed by atoms with van der Waals surface area (Å²) in [5.74, 6) is 0.542. The van der Waals surface area contributed by atoms with E-state index in [1.807, 2.05) is 41.2 Å². The Bertz CT molecular complexity index is 839. The van der Waals surface area contributed by atoms with Crippen molar-refractivity contribution in [2.24, 2.45) is 7.05 Å². The predicted molar refractivity (Wildman–Crippen MR) is 115 cm³/mol. The lowest BCUT2D eigenvalue weighted by molar-refractivity contribution is 0.0526. The lowest BCUT2D eigenvalue weighted by atomic mass is 10.0.